The normalized spacial score (nSPS) is 24.9. The first-order valence-electron chi connectivity index (χ1n) is 5.13. The maximum Gasteiger partial charge on any atom is 0.258 e. The van der Waals surface area contributed by atoms with Crippen molar-refractivity contribution in [1.29, 1.82) is 0 Å². The van der Waals surface area contributed by atoms with E-state index in [-0.39, 0.29) is 17.7 Å². The highest BCUT2D eigenvalue weighted by Crippen LogP contribution is 2.35. The van der Waals surface area contributed by atoms with Crippen molar-refractivity contribution in [2.24, 2.45) is 0 Å². The summed E-state index contributed by atoms with van der Waals surface area (Å²) < 4.78 is 5.51. The Labute approximate surface area is 101 Å². The summed E-state index contributed by atoms with van der Waals surface area (Å²) in [5.74, 6) is -0.265. The molecule has 1 atom stereocenters. The van der Waals surface area contributed by atoms with Gasteiger partial charge in [-0.1, -0.05) is 23.2 Å². The zero-order valence-corrected chi connectivity index (χ0v) is 10.8. The summed E-state index contributed by atoms with van der Waals surface area (Å²) in [5, 5.41) is 0. The van der Waals surface area contributed by atoms with E-state index in [4.69, 9.17) is 27.9 Å². The first-order chi connectivity index (χ1) is 6.90. The molecule has 0 radical (unpaired) electrons. The molecule has 3 nitrogen and oxygen atoms in total. The minimum Gasteiger partial charge on any atom is -0.359 e. The number of carbonyl (C=O) groups is 1. The molecular weight excluding hydrogens is 237 g/mol. The van der Waals surface area contributed by atoms with Crippen molar-refractivity contribution >= 4 is 29.1 Å². The minimum atomic E-state index is -1.01. The van der Waals surface area contributed by atoms with E-state index in [1.54, 1.807) is 4.90 Å². The van der Waals surface area contributed by atoms with Crippen LogP contribution in [0.5, 0.6) is 0 Å². The van der Waals surface area contributed by atoms with Crippen LogP contribution in [0.4, 0.5) is 0 Å². The lowest BCUT2D eigenvalue weighted by Crippen LogP contribution is -2.50. The molecule has 0 aliphatic carbocycles. The molecule has 15 heavy (non-hydrogen) atoms. The SMILES string of the molecule is CCOC1CCC(C)(C)N1C(=O)C(Cl)Cl. The Balaban J connectivity index is 2.82. The summed E-state index contributed by atoms with van der Waals surface area (Å²) in [5.41, 5.74) is -0.223. The molecule has 0 aromatic heterocycles. The summed E-state index contributed by atoms with van der Waals surface area (Å²) in [4.78, 5) is 12.5. The van der Waals surface area contributed by atoms with Crippen LogP contribution in [0.25, 0.3) is 0 Å². The van der Waals surface area contributed by atoms with E-state index < -0.39 is 4.84 Å². The topological polar surface area (TPSA) is 29.5 Å². The van der Waals surface area contributed by atoms with Crippen LogP contribution >= 0.6 is 23.2 Å². The number of amides is 1. The lowest BCUT2D eigenvalue weighted by Gasteiger charge is -2.35. The molecule has 1 aliphatic heterocycles. The molecule has 5 heteroatoms. The van der Waals surface area contributed by atoms with Gasteiger partial charge >= 0.3 is 0 Å². The highest BCUT2D eigenvalue weighted by Gasteiger charge is 2.44. The summed E-state index contributed by atoms with van der Waals surface area (Å²) in [6, 6.07) is 0. The predicted octanol–water partition coefficient (Wildman–Crippen LogP) is 2.55. The molecule has 1 unspecified atom stereocenters. The van der Waals surface area contributed by atoms with E-state index >= 15 is 0 Å². The number of likely N-dealkylation sites (tertiary alicyclic amines) is 1. The van der Waals surface area contributed by atoms with Crippen molar-refractivity contribution in [1.82, 2.24) is 4.90 Å². The molecule has 88 valence electrons. The largest absolute Gasteiger partial charge is 0.359 e. The fourth-order valence-electron chi connectivity index (χ4n) is 2.01. The zero-order chi connectivity index (χ0) is 11.6. The summed E-state index contributed by atoms with van der Waals surface area (Å²) in [6.45, 7) is 6.49. The fraction of sp³-hybridized carbons (Fsp3) is 0.900. The first kappa shape index (κ1) is 13.1. The summed E-state index contributed by atoms with van der Waals surface area (Å²) >= 11 is 11.2. The number of hydrogen-bond acceptors (Lipinski definition) is 2. The monoisotopic (exact) mass is 253 g/mol. The maximum atomic E-state index is 11.8. The van der Waals surface area contributed by atoms with Crippen molar-refractivity contribution in [3.8, 4) is 0 Å². The third-order valence-corrected chi connectivity index (χ3v) is 3.10. The molecule has 1 saturated heterocycles. The Kier molecular flexibility index (Phi) is 4.27. The molecule has 0 saturated carbocycles. The van der Waals surface area contributed by atoms with Crippen LogP contribution in [-0.2, 0) is 9.53 Å². The van der Waals surface area contributed by atoms with Gasteiger partial charge in [0.15, 0.2) is 4.84 Å². The van der Waals surface area contributed by atoms with Gasteiger partial charge in [0.25, 0.3) is 5.91 Å². The van der Waals surface area contributed by atoms with Gasteiger partial charge in [-0.15, -0.1) is 0 Å². The van der Waals surface area contributed by atoms with Gasteiger partial charge in [0.2, 0.25) is 0 Å². The fourth-order valence-corrected chi connectivity index (χ4v) is 2.22. The van der Waals surface area contributed by atoms with Gasteiger partial charge in [0.1, 0.15) is 6.23 Å². The van der Waals surface area contributed by atoms with Gasteiger partial charge in [-0.25, -0.2) is 0 Å². The second-order valence-electron chi connectivity index (χ2n) is 4.27. The van der Waals surface area contributed by atoms with Crippen molar-refractivity contribution in [2.75, 3.05) is 6.61 Å². The lowest BCUT2D eigenvalue weighted by atomic mass is 10.0. The third kappa shape index (κ3) is 2.77. The van der Waals surface area contributed by atoms with Gasteiger partial charge in [-0.3, -0.25) is 4.79 Å². The second-order valence-corrected chi connectivity index (χ2v) is 5.37. The Morgan fingerprint density at radius 2 is 2.20 bits per heavy atom. The first-order valence-corrected chi connectivity index (χ1v) is 6.00. The molecule has 0 aromatic carbocycles. The lowest BCUT2D eigenvalue weighted by molar-refractivity contribution is -0.147. The van der Waals surface area contributed by atoms with Gasteiger partial charge in [0.05, 0.1) is 0 Å². The standard InChI is InChI=1S/C10H17Cl2NO2/c1-4-15-7-5-6-10(2,3)13(7)9(14)8(11)12/h7-8H,4-6H2,1-3H3. The van der Waals surface area contributed by atoms with Gasteiger partial charge in [-0.05, 0) is 33.6 Å². The van der Waals surface area contributed by atoms with Crippen LogP contribution in [-0.4, -0.2) is 34.0 Å². The number of rotatable bonds is 3. The maximum absolute atomic E-state index is 11.8. The average molecular weight is 254 g/mol. The van der Waals surface area contributed by atoms with E-state index in [1.807, 2.05) is 20.8 Å². The Morgan fingerprint density at radius 1 is 1.60 bits per heavy atom. The van der Waals surface area contributed by atoms with Crippen LogP contribution in [0, 0.1) is 0 Å². The zero-order valence-electron chi connectivity index (χ0n) is 9.30. The Hall–Kier alpha value is 0.01000. The van der Waals surface area contributed by atoms with Gasteiger partial charge in [-0.2, -0.15) is 0 Å². The molecule has 1 rings (SSSR count). The van der Waals surface area contributed by atoms with Crippen LogP contribution in [0.15, 0.2) is 0 Å². The van der Waals surface area contributed by atoms with Crippen LogP contribution in [0.2, 0.25) is 0 Å². The van der Waals surface area contributed by atoms with E-state index in [1.165, 1.54) is 0 Å². The van der Waals surface area contributed by atoms with Crippen LogP contribution in [0.3, 0.4) is 0 Å². The molecular formula is C10H17Cl2NO2. The molecule has 0 spiro atoms. The minimum absolute atomic E-state index is 0.183. The number of ether oxygens (including phenoxy) is 1. The predicted molar refractivity (Wildman–Crippen MR) is 61.1 cm³/mol. The molecule has 0 N–H and O–H groups in total. The number of alkyl halides is 2. The van der Waals surface area contributed by atoms with E-state index in [2.05, 4.69) is 0 Å². The molecule has 0 bridgehead atoms. The number of nitrogens with zero attached hydrogens (tertiary/aromatic N) is 1. The number of hydrogen-bond donors (Lipinski definition) is 0. The highest BCUT2D eigenvalue weighted by atomic mass is 35.5. The van der Waals surface area contributed by atoms with Crippen LogP contribution in [0.1, 0.15) is 33.6 Å². The average Bonchev–Trinajstić information content (AvgIpc) is 2.41. The van der Waals surface area contributed by atoms with Crippen molar-refractivity contribution in [3.05, 3.63) is 0 Å². The second kappa shape index (κ2) is 4.89. The quantitative estimate of drug-likeness (QED) is 0.724. The molecule has 1 amide bonds. The van der Waals surface area contributed by atoms with E-state index in [0.717, 1.165) is 12.8 Å². The molecule has 1 aliphatic rings. The van der Waals surface area contributed by atoms with Crippen molar-refractivity contribution in [3.63, 3.8) is 0 Å². The van der Waals surface area contributed by atoms with E-state index in [9.17, 15) is 4.79 Å². The number of halogens is 2. The van der Waals surface area contributed by atoms with E-state index in [0.29, 0.717) is 6.61 Å². The van der Waals surface area contributed by atoms with Crippen molar-refractivity contribution in [2.45, 2.75) is 50.2 Å². The summed E-state index contributed by atoms with van der Waals surface area (Å²) in [7, 11) is 0. The van der Waals surface area contributed by atoms with Crippen LogP contribution < -0.4 is 0 Å². The molecule has 1 heterocycles. The molecule has 1 fully saturated rings. The molecule has 0 aromatic rings. The summed E-state index contributed by atoms with van der Waals surface area (Å²) in [6.07, 6.45) is 1.56. The van der Waals surface area contributed by atoms with Gasteiger partial charge in [0, 0.05) is 12.1 Å². The van der Waals surface area contributed by atoms with Gasteiger partial charge < -0.3 is 9.64 Å². The third-order valence-electron chi connectivity index (χ3n) is 2.73. The highest BCUT2D eigenvalue weighted by molar-refractivity contribution is 6.53. The number of carbonyl (C=O) groups excluding carboxylic acids is 1. The Morgan fingerprint density at radius 3 is 2.67 bits per heavy atom. The van der Waals surface area contributed by atoms with Crippen molar-refractivity contribution < 1.29 is 9.53 Å². The Bertz CT molecular complexity index is 244. The smallest absolute Gasteiger partial charge is 0.258 e.